The zero-order valence-electron chi connectivity index (χ0n) is 17.0. The maximum Gasteiger partial charge on any atom is 0.200 e. The second-order valence-electron chi connectivity index (χ2n) is 7.50. The van der Waals surface area contributed by atoms with E-state index in [-0.39, 0.29) is 23.2 Å². The van der Waals surface area contributed by atoms with Crippen molar-refractivity contribution in [2.75, 3.05) is 13.6 Å². The van der Waals surface area contributed by atoms with Gasteiger partial charge in [-0.05, 0) is 48.3 Å². The topological polar surface area (TPSA) is 98.7 Å². The molecule has 0 aliphatic carbocycles. The number of rotatable bonds is 6. The highest BCUT2D eigenvalue weighted by Gasteiger charge is 2.20. The number of hydrogen-bond donors (Lipinski definition) is 5. The van der Waals surface area contributed by atoms with Crippen LogP contribution in [0, 0.1) is 4.77 Å². The van der Waals surface area contributed by atoms with Gasteiger partial charge in [-0.3, -0.25) is 9.67 Å². The van der Waals surface area contributed by atoms with Crippen LogP contribution >= 0.6 is 12.2 Å². The predicted octanol–water partition coefficient (Wildman–Crippen LogP) is 3.39. The fraction of sp³-hybridized carbons (Fsp3) is 0.333. The largest absolute Gasteiger partial charge is 0.508 e. The molecular weight excluding hydrogens is 388 g/mol. The number of benzene rings is 2. The summed E-state index contributed by atoms with van der Waals surface area (Å²) in [6, 6.07) is 8.32. The Morgan fingerprint density at radius 2 is 1.83 bits per heavy atom. The van der Waals surface area contributed by atoms with Crippen molar-refractivity contribution < 1.29 is 20.2 Å². The minimum Gasteiger partial charge on any atom is -0.508 e. The van der Waals surface area contributed by atoms with Gasteiger partial charge in [0, 0.05) is 12.1 Å². The molecule has 3 rings (SSSR count). The van der Waals surface area contributed by atoms with Crippen LogP contribution < -0.4 is 4.90 Å². The highest BCUT2D eigenvalue weighted by Crippen LogP contribution is 2.38. The molecule has 0 saturated heterocycles. The van der Waals surface area contributed by atoms with Crippen molar-refractivity contribution in [3.63, 3.8) is 0 Å². The number of nitrogens with one attached hydrogen (secondary N) is 2. The first kappa shape index (κ1) is 20.9. The van der Waals surface area contributed by atoms with Crippen molar-refractivity contribution in [1.29, 1.82) is 0 Å². The van der Waals surface area contributed by atoms with Crippen molar-refractivity contribution >= 4 is 17.9 Å². The lowest BCUT2D eigenvalue weighted by Gasteiger charge is -2.16. The zero-order valence-corrected chi connectivity index (χ0v) is 17.8. The van der Waals surface area contributed by atoms with Crippen molar-refractivity contribution in [3.8, 4) is 34.3 Å². The minimum absolute atomic E-state index is 0.0404. The van der Waals surface area contributed by atoms with Gasteiger partial charge in [-0.25, -0.2) is 0 Å². The standard InChI is InChI=1S/C21H26N4O3S/c1-5-8-24(4)16-9-13(6-7-17(16)26)25-20(22-23-21(25)29)15-10-14(12(2)3)18(27)11-19(15)28/h6-7,9-12,26-28H,5,8H2,1-4H3,(H,23,29)/p+1. The highest BCUT2D eigenvalue weighted by molar-refractivity contribution is 7.71. The van der Waals surface area contributed by atoms with Crippen LogP contribution in [0.15, 0.2) is 30.3 Å². The van der Waals surface area contributed by atoms with Gasteiger partial charge >= 0.3 is 0 Å². The van der Waals surface area contributed by atoms with Crippen molar-refractivity contribution in [1.82, 2.24) is 14.8 Å². The number of nitrogens with zero attached hydrogens (tertiary/aromatic N) is 2. The van der Waals surface area contributed by atoms with E-state index in [9.17, 15) is 15.3 Å². The van der Waals surface area contributed by atoms with Crippen molar-refractivity contribution in [2.24, 2.45) is 0 Å². The first-order valence-electron chi connectivity index (χ1n) is 9.64. The molecule has 1 atom stereocenters. The third-order valence-corrected chi connectivity index (χ3v) is 5.28. The fourth-order valence-electron chi connectivity index (χ4n) is 3.47. The Balaban J connectivity index is 2.19. The number of H-pyrrole nitrogens is 1. The van der Waals surface area contributed by atoms with Gasteiger partial charge in [-0.1, -0.05) is 20.8 Å². The monoisotopic (exact) mass is 415 g/mol. The second-order valence-corrected chi connectivity index (χ2v) is 7.89. The van der Waals surface area contributed by atoms with E-state index in [1.165, 1.54) is 6.07 Å². The van der Waals surface area contributed by atoms with Gasteiger partial charge in [0.2, 0.25) is 0 Å². The molecule has 1 heterocycles. The lowest BCUT2D eigenvalue weighted by molar-refractivity contribution is -0.810. The molecular formula is C21H27N4O3S+. The number of phenolic OH excluding ortho intramolecular Hbond substituents is 3. The molecule has 0 aliphatic heterocycles. The normalized spacial score (nSPS) is 12.4. The Labute approximate surface area is 174 Å². The van der Waals surface area contributed by atoms with Crippen molar-refractivity contribution in [3.05, 3.63) is 40.7 Å². The van der Waals surface area contributed by atoms with E-state index in [1.807, 2.05) is 27.0 Å². The summed E-state index contributed by atoms with van der Waals surface area (Å²) in [5.74, 6) is 0.662. The Morgan fingerprint density at radius 3 is 2.48 bits per heavy atom. The van der Waals surface area contributed by atoms with Gasteiger partial charge in [0.15, 0.2) is 22.0 Å². The minimum atomic E-state index is -0.0881. The second kappa shape index (κ2) is 8.26. The Bertz CT molecular complexity index is 1090. The Morgan fingerprint density at radius 1 is 1.10 bits per heavy atom. The number of aromatic nitrogens is 3. The van der Waals surface area contributed by atoms with Crippen LogP contribution in [-0.4, -0.2) is 43.7 Å². The van der Waals surface area contributed by atoms with E-state index >= 15 is 0 Å². The summed E-state index contributed by atoms with van der Waals surface area (Å²) < 4.78 is 2.08. The van der Waals surface area contributed by atoms with Crippen LogP contribution in [0.4, 0.5) is 5.69 Å². The predicted molar refractivity (Wildman–Crippen MR) is 115 cm³/mol. The molecule has 1 unspecified atom stereocenters. The molecule has 8 heteroatoms. The molecule has 5 N–H and O–H groups in total. The lowest BCUT2D eigenvalue weighted by atomic mass is 9.98. The first-order valence-corrected chi connectivity index (χ1v) is 10.0. The van der Waals surface area contributed by atoms with E-state index in [0.717, 1.165) is 29.2 Å². The number of hydrogen-bond acceptors (Lipinski definition) is 5. The molecule has 0 fully saturated rings. The van der Waals surface area contributed by atoms with Crippen LogP contribution in [0.2, 0.25) is 0 Å². The first-order chi connectivity index (χ1) is 13.7. The molecule has 0 radical (unpaired) electrons. The summed E-state index contributed by atoms with van der Waals surface area (Å²) >= 11 is 5.45. The number of phenols is 3. The van der Waals surface area contributed by atoms with E-state index in [1.54, 1.807) is 22.8 Å². The number of aromatic hydroxyl groups is 3. The van der Waals surface area contributed by atoms with Gasteiger partial charge in [-0.15, -0.1) is 0 Å². The molecule has 29 heavy (non-hydrogen) atoms. The van der Waals surface area contributed by atoms with Gasteiger partial charge in [0.05, 0.1) is 24.8 Å². The molecule has 2 aromatic carbocycles. The van der Waals surface area contributed by atoms with Crippen LogP contribution in [0.25, 0.3) is 17.1 Å². The fourth-order valence-corrected chi connectivity index (χ4v) is 3.70. The SMILES string of the molecule is CCC[NH+](C)c1cc(-n2c(-c3cc(C(C)C)c(O)cc3O)n[nH]c2=S)ccc1O. The number of aromatic amines is 1. The molecule has 0 aliphatic rings. The van der Waals surface area contributed by atoms with Gasteiger partial charge in [0.25, 0.3) is 0 Å². The van der Waals surface area contributed by atoms with Crippen molar-refractivity contribution in [2.45, 2.75) is 33.1 Å². The molecule has 7 nitrogen and oxygen atoms in total. The number of quaternary nitrogens is 1. The van der Waals surface area contributed by atoms with E-state index in [2.05, 4.69) is 17.1 Å². The maximum atomic E-state index is 10.5. The summed E-state index contributed by atoms with van der Waals surface area (Å²) in [4.78, 5) is 1.08. The smallest absolute Gasteiger partial charge is 0.200 e. The summed E-state index contributed by atoms with van der Waals surface area (Å²) in [5.41, 5.74) is 2.65. The third-order valence-electron chi connectivity index (χ3n) is 5.00. The molecule has 154 valence electrons. The average molecular weight is 416 g/mol. The molecule has 0 bridgehead atoms. The zero-order chi connectivity index (χ0) is 21.3. The van der Waals surface area contributed by atoms with Gasteiger partial charge < -0.3 is 20.2 Å². The average Bonchev–Trinajstić information content (AvgIpc) is 3.03. The summed E-state index contributed by atoms with van der Waals surface area (Å²) in [7, 11) is 2.00. The van der Waals surface area contributed by atoms with Crippen LogP contribution in [0.1, 0.15) is 38.7 Å². The van der Waals surface area contributed by atoms with Crippen LogP contribution in [0.3, 0.4) is 0 Å². The summed E-state index contributed by atoms with van der Waals surface area (Å²) in [6.07, 6.45) is 0.977. The van der Waals surface area contributed by atoms with Crippen LogP contribution in [0.5, 0.6) is 17.2 Å². The molecule has 3 aromatic rings. The lowest BCUT2D eigenvalue weighted by Crippen LogP contribution is -3.03. The van der Waals surface area contributed by atoms with E-state index in [0.29, 0.717) is 21.7 Å². The van der Waals surface area contributed by atoms with E-state index in [4.69, 9.17) is 12.2 Å². The van der Waals surface area contributed by atoms with Crippen LogP contribution in [-0.2, 0) is 0 Å². The highest BCUT2D eigenvalue weighted by atomic mass is 32.1. The molecule has 0 amide bonds. The molecule has 0 saturated carbocycles. The quantitative estimate of drug-likeness (QED) is 0.314. The summed E-state index contributed by atoms with van der Waals surface area (Å²) in [6.45, 7) is 6.89. The van der Waals surface area contributed by atoms with E-state index < -0.39 is 0 Å². The van der Waals surface area contributed by atoms with Gasteiger partial charge in [0.1, 0.15) is 11.5 Å². The Hall–Kier alpha value is -2.84. The Kier molecular flexibility index (Phi) is 5.95. The molecule has 1 aromatic heterocycles. The third kappa shape index (κ3) is 3.99. The maximum absolute atomic E-state index is 10.5. The van der Waals surface area contributed by atoms with Gasteiger partial charge in [-0.2, -0.15) is 5.10 Å². The summed E-state index contributed by atoms with van der Waals surface area (Å²) in [5, 5.41) is 38.1. The molecule has 0 spiro atoms.